The number of azide groups is 1. The zero-order valence-electron chi connectivity index (χ0n) is 60.7. The maximum Gasteiger partial charge on any atom is 0.222 e. The molecule has 0 saturated carbocycles. The number of aliphatic hydroxyl groups excluding tert-OH is 9. The average Bonchev–Trinajstić information content (AvgIpc) is 0.824. The third kappa shape index (κ3) is 37.9. The number of ether oxygens (including phenoxy) is 9. The molecule has 0 spiro atoms. The highest BCUT2D eigenvalue weighted by molar-refractivity contribution is 5.79. The van der Waals surface area contributed by atoms with E-state index in [2.05, 4.69) is 63.2 Å². The molecule has 3 heterocycles. The number of nitrogens with one attached hydrogen (secondary N) is 10. The summed E-state index contributed by atoms with van der Waals surface area (Å²) in [4.78, 5) is 128. The van der Waals surface area contributed by atoms with Crippen LogP contribution in [-0.2, 0) is 90.6 Å². The Balaban J connectivity index is 1.49. The van der Waals surface area contributed by atoms with Crippen molar-refractivity contribution in [2.24, 2.45) is 5.11 Å². The van der Waals surface area contributed by atoms with Crippen molar-refractivity contribution < 1.29 is 137 Å². The molecule has 10 amide bonds. The first kappa shape index (κ1) is 93.5. The maximum atomic E-state index is 13.5. The third-order valence-electron chi connectivity index (χ3n) is 16.7. The van der Waals surface area contributed by atoms with E-state index in [0.29, 0.717) is 57.8 Å². The van der Waals surface area contributed by atoms with Gasteiger partial charge in [-0.1, -0.05) is 5.11 Å². The van der Waals surface area contributed by atoms with E-state index in [9.17, 15) is 93.9 Å². The van der Waals surface area contributed by atoms with Crippen LogP contribution in [0.2, 0.25) is 0 Å². The van der Waals surface area contributed by atoms with Gasteiger partial charge in [-0.15, -0.1) is 0 Å². The lowest BCUT2D eigenvalue weighted by Gasteiger charge is -2.42. The van der Waals surface area contributed by atoms with Gasteiger partial charge in [0.1, 0.15) is 78.6 Å². The second-order valence-electron chi connectivity index (χ2n) is 25.7. The highest BCUT2D eigenvalue weighted by Crippen LogP contribution is 2.26. The number of amides is 10. The molecule has 15 atom stereocenters. The first-order valence-electron chi connectivity index (χ1n) is 36.0. The summed E-state index contributed by atoms with van der Waals surface area (Å²) in [6.45, 7) is 2.04. The standard InChI is InChI=1S/C65H115N13O28/c1-40(82)74-53-59(95)56(92)43(34-79)104-62(53)101-28-7-4-14-46(85)67-21-11-24-70-49(88)18-31-98-37-65(77-52(91)17-10-27-73-78-66,38-99-32-19-50(89)71-25-12-22-68-47(86)15-5-8-29-102-63-54(75-41(2)83)60(96)57(93)44(35-80)105-63)39-100-33-20-51(90)72-26-13-23-69-48(87)16-6-9-30-103-64-55(76-42(3)84)61(97)58(94)45(36-81)106-64/h43-45,53-64,79-81,92-97H,4-39H2,1-3H3,(H,67,85)(H,68,86)(H,69,87)(H,70,88)(H,71,89)(H,72,90)(H,74,82)(H,75,83)(H,76,84)(H,77,91)/t43-,44-,45-,53-,54-,55-,56+,57+,58+,59-,60-,61-,62-,63-,64-/m1/s1. The van der Waals surface area contributed by atoms with E-state index in [1.54, 1.807) is 0 Å². The van der Waals surface area contributed by atoms with Crippen molar-refractivity contribution in [1.29, 1.82) is 0 Å². The summed E-state index contributed by atoms with van der Waals surface area (Å²) in [5, 5.41) is 121. The Hall–Kier alpha value is -6.71. The molecule has 0 aromatic rings. The van der Waals surface area contributed by atoms with Crippen LogP contribution in [-0.4, -0.2) is 328 Å². The highest BCUT2D eigenvalue weighted by Gasteiger charge is 2.48. The Morgan fingerprint density at radius 2 is 0.651 bits per heavy atom. The molecule has 3 saturated heterocycles. The molecule has 106 heavy (non-hydrogen) atoms. The summed E-state index contributed by atoms with van der Waals surface area (Å²) in [6, 6.07) is -3.29. The number of nitrogens with zero attached hydrogens (tertiary/aromatic N) is 3. The van der Waals surface area contributed by atoms with Crippen LogP contribution >= 0.6 is 0 Å². The summed E-state index contributed by atoms with van der Waals surface area (Å²) >= 11 is 0. The number of rotatable bonds is 56. The Bertz CT molecular complexity index is 2430. The number of hydrogen-bond acceptors (Lipinski definition) is 29. The van der Waals surface area contributed by atoms with E-state index in [1.165, 1.54) is 20.8 Å². The number of unbranched alkanes of at least 4 members (excludes halogenated alkanes) is 3. The SMILES string of the molecule is CC(=O)N[C@H]1[C@H](OCCCCC(=O)NCCCNC(=O)CCOCC(COCCC(=O)NCCCNC(=O)CCCCO[C@@H]2O[C@H](CO)[C@H](O)[C@H](O)[C@H]2NC(C)=O)(COCCC(=O)NCCCNC(=O)CCCCO[C@@H]2O[C@H](CO)[C@H](O)[C@H](O)[C@H]2NC(C)=O)NC(=O)CCCN=[N+]=[N-])O[C@H](CO)[C@H](O)[C@@H]1O. The molecule has 0 aromatic heterocycles. The minimum absolute atomic E-state index is 0.0100. The van der Waals surface area contributed by atoms with E-state index < -0.39 is 159 Å². The predicted molar refractivity (Wildman–Crippen MR) is 368 cm³/mol. The van der Waals surface area contributed by atoms with Crippen molar-refractivity contribution in [2.75, 3.05) is 125 Å². The van der Waals surface area contributed by atoms with Crippen molar-refractivity contribution in [1.82, 2.24) is 53.2 Å². The van der Waals surface area contributed by atoms with Gasteiger partial charge in [-0.2, -0.15) is 0 Å². The van der Waals surface area contributed by atoms with Crippen LogP contribution in [0.5, 0.6) is 0 Å². The fourth-order valence-corrected chi connectivity index (χ4v) is 11.0. The van der Waals surface area contributed by atoms with Gasteiger partial charge in [0.2, 0.25) is 59.1 Å². The molecule has 19 N–H and O–H groups in total. The van der Waals surface area contributed by atoms with E-state index in [1.807, 2.05) is 0 Å². The molecular weight excluding hydrogens is 1410 g/mol. The lowest BCUT2D eigenvalue weighted by atomic mass is 9.97. The van der Waals surface area contributed by atoms with Crippen molar-refractivity contribution in [3.63, 3.8) is 0 Å². The Labute approximate surface area is 614 Å². The van der Waals surface area contributed by atoms with Crippen molar-refractivity contribution >= 4 is 59.1 Å². The van der Waals surface area contributed by atoms with Crippen LogP contribution in [0.4, 0.5) is 0 Å². The fourth-order valence-electron chi connectivity index (χ4n) is 11.0. The molecule has 0 aliphatic carbocycles. The van der Waals surface area contributed by atoms with Gasteiger partial charge in [-0.25, -0.2) is 0 Å². The molecule has 0 radical (unpaired) electrons. The lowest BCUT2D eigenvalue weighted by molar-refractivity contribution is -0.270. The van der Waals surface area contributed by atoms with Gasteiger partial charge in [-0.05, 0) is 69.7 Å². The first-order valence-corrected chi connectivity index (χ1v) is 36.0. The van der Waals surface area contributed by atoms with Crippen LogP contribution in [0.15, 0.2) is 5.11 Å². The molecule has 3 aliphatic rings. The minimum atomic E-state index is -1.48. The number of carbonyl (C=O) groups is 10. The van der Waals surface area contributed by atoms with Crippen molar-refractivity contribution in [3.8, 4) is 0 Å². The van der Waals surface area contributed by atoms with Gasteiger partial charge in [0, 0.05) is 136 Å². The summed E-state index contributed by atoms with van der Waals surface area (Å²) in [6.07, 6.45) is -12.1. The van der Waals surface area contributed by atoms with E-state index in [0.717, 1.165) is 0 Å². The summed E-state index contributed by atoms with van der Waals surface area (Å²) in [7, 11) is 0. The summed E-state index contributed by atoms with van der Waals surface area (Å²) in [5.74, 6) is -3.98. The minimum Gasteiger partial charge on any atom is -0.394 e. The third-order valence-corrected chi connectivity index (χ3v) is 16.7. The van der Waals surface area contributed by atoms with Gasteiger partial charge >= 0.3 is 0 Å². The number of hydrogen-bond donors (Lipinski definition) is 19. The molecule has 3 aliphatic heterocycles. The van der Waals surface area contributed by atoms with Crippen LogP contribution in [0.3, 0.4) is 0 Å². The molecule has 608 valence electrons. The van der Waals surface area contributed by atoms with Crippen molar-refractivity contribution in [2.45, 2.75) is 227 Å². The molecule has 3 fully saturated rings. The molecule has 0 unspecified atom stereocenters. The second kappa shape index (κ2) is 54.0. The Morgan fingerprint density at radius 3 is 0.915 bits per heavy atom. The second-order valence-corrected chi connectivity index (χ2v) is 25.7. The van der Waals surface area contributed by atoms with Crippen LogP contribution in [0.25, 0.3) is 10.4 Å². The Kier molecular flexibility index (Phi) is 47.6. The molecule has 0 aromatic carbocycles. The van der Waals surface area contributed by atoms with E-state index in [-0.39, 0.29) is 174 Å². The largest absolute Gasteiger partial charge is 0.394 e. The molecule has 0 bridgehead atoms. The molecular formula is C65H115N13O28. The summed E-state index contributed by atoms with van der Waals surface area (Å²) in [5.41, 5.74) is 7.32. The summed E-state index contributed by atoms with van der Waals surface area (Å²) < 4.78 is 51.6. The number of carbonyl (C=O) groups excluding carboxylic acids is 10. The van der Waals surface area contributed by atoms with Gasteiger partial charge in [-0.3, -0.25) is 47.9 Å². The van der Waals surface area contributed by atoms with Gasteiger partial charge in [0.25, 0.3) is 0 Å². The van der Waals surface area contributed by atoms with Gasteiger partial charge in [0.05, 0.1) is 59.5 Å². The molecule has 41 heteroatoms. The topological polar surface area (TPSA) is 605 Å². The molecule has 3 rings (SSSR count). The van der Waals surface area contributed by atoms with Gasteiger partial charge in [0.15, 0.2) is 18.9 Å². The predicted octanol–water partition coefficient (Wildman–Crippen LogP) is -6.59. The molecule has 41 nitrogen and oxygen atoms in total. The lowest BCUT2D eigenvalue weighted by Crippen LogP contribution is -2.64. The maximum absolute atomic E-state index is 13.5. The van der Waals surface area contributed by atoms with Crippen molar-refractivity contribution in [3.05, 3.63) is 10.4 Å². The quantitative estimate of drug-likeness (QED) is 0.0116. The monoisotopic (exact) mass is 1530 g/mol. The highest BCUT2D eigenvalue weighted by atomic mass is 16.7. The fraction of sp³-hybridized carbons (Fsp3) is 0.846. The number of aliphatic hydroxyl groups is 9. The normalized spacial score (nSPS) is 24.3. The van der Waals surface area contributed by atoms with Gasteiger partial charge < -0.3 is 142 Å². The zero-order chi connectivity index (χ0) is 78.2. The average molecular weight is 1530 g/mol. The van der Waals surface area contributed by atoms with E-state index in [4.69, 9.17) is 48.2 Å². The van der Waals surface area contributed by atoms with Crippen LogP contribution in [0.1, 0.15) is 130 Å². The van der Waals surface area contributed by atoms with Crippen LogP contribution in [0, 0.1) is 0 Å². The smallest absolute Gasteiger partial charge is 0.222 e. The zero-order valence-corrected chi connectivity index (χ0v) is 60.7. The van der Waals surface area contributed by atoms with Crippen LogP contribution < -0.4 is 53.2 Å². The first-order chi connectivity index (χ1) is 50.8. The Morgan fingerprint density at radius 1 is 0.377 bits per heavy atom. The van der Waals surface area contributed by atoms with E-state index >= 15 is 0 Å².